The minimum Gasteiger partial charge on any atom is -0.491 e. The van der Waals surface area contributed by atoms with Crippen LogP contribution in [0.1, 0.15) is 42.5 Å². The summed E-state index contributed by atoms with van der Waals surface area (Å²) in [5.74, 6) is 0.630. The van der Waals surface area contributed by atoms with Crippen LogP contribution in [0, 0.1) is 5.41 Å². The molecule has 30 heavy (non-hydrogen) atoms. The van der Waals surface area contributed by atoms with Crippen LogP contribution in [-0.4, -0.2) is 91.7 Å². The monoisotopic (exact) mass is 417 g/mol. The minimum atomic E-state index is -0.120. The Bertz CT molecular complexity index is 729. The maximum atomic E-state index is 13.1. The van der Waals surface area contributed by atoms with Crippen molar-refractivity contribution < 1.29 is 19.4 Å². The van der Waals surface area contributed by atoms with Gasteiger partial charge in [0, 0.05) is 26.2 Å². The fourth-order valence-corrected chi connectivity index (χ4v) is 4.41. The molecule has 1 aromatic rings. The van der Waals surface area contributed by atoms with E-state index in [4.69, 9.17) is 4.74 Å². The summed E-state index contributed by atoms with van der Waals surface area (Å²) in [6.45, 7) is 3.35. The van der Waals surface area contributed by atoms with Gasteiger partial charge in [-0.1, -0.05) is 18.6 Å². The molecule has 7 heteroatoms. The molecule has 0 unspecified atom stereocenters. The van der Waals surface area contributed by atoms with Crippen molar-refractivity contribution in [2.24, 2.45) is 5.41 Å². The Labute approximate surface area is 179 Å². The molecule has 2 bridgehead atoms. The molecule has 0 spiro atoms. The van der Waals surface area contributed by atoms with Gasteiger partial charge in [-0.15, -0.1) is 0 Å². The van der Waals surface area contributed by atoms with Gasteiger partial charge in [-0.05, 0) is 57.3 Å². The first-order valence-electron chi connectivity index (χ1n) is 11.0. The Morgan fingerprint density at radius 2 is 1.83 bits per heavy atom. The first-order valence-corrected chi connectivity index (χ1v) is 11.0. The zero-order valence-electron chi connectivity index (χ0n) is 18.3. The summed E-state index contributed by atoms with van der Waals surface area (Å²) in [6.07, 6.45) is 4.40. The van der Waals surface area contributed by atoms with E-state index in [1.165, 1.54) is 0 Å². The SMILES string of the molecule is CN(C)CC(=O)N1CCCCC2(CO)CCN(CC2)C(=O)c2ccccc2OCC1. The van der Waals surface area contributed by atoms with E-state index in [2.05, 4.69) is 0 Å². The highest BCUT2D eigenvalue weighted by Gasteiger charge is 2.35. The van der Waals surface area contributed by atoms with E-state index in [0.29, 0.717) is 50.6 Å². The number of aliphatic hydroxyl groups excluding tert-OH is 1. The van der Waals surface area contributed by atoms with Crippen molar-refractivity contribution in [3.63, 3.8) is 0 Å². The van der Waals surface area contributed by atoms with E-state index in [9.17, 15) is 14.7 Å². The molecule has 1 aromatic carbocycles. The van der Waals surface area contributed by atoms with E-state index >= 15 is 0 Å². The van der Waals surface area contributed by atoms with Crippen LogP contribution in [0.5, 0.6) is 5.75 Å². The molecule has 0 aromatic heterocycles. The molecule has 2 amide bonds. The average Bonchev–Trinajstić information content (AvgIpc) is 2.75. The summed E-state index contributed by atoms with van der Waals surface area (Å²) in [7, 11) is 3.78. The molecule has 0 aliphatic carbocycles. The number of benzene rings is 1. The van der Waals surface area contributed by atoms with E-state index in [-0.39, 0.29) is 23.8 Å². The number of ether oxygens (including phenoxy) is 1. The largest absolute Gasteiger partial charge is 0.491 e. The number of hydrogen-bond acceptors (Lipinski definition) is 5. The van der Waals surface area contributed by atoms with E-state index in [0.717, 1.165) is 32.1 Å². The van der Waals surface area contributed by atoms with Crippen molar-refractivity contribution in [2.45, 2.75) is 32.1 Å². The van der Waals surface area contributed by atoms with Gasteiger partial charge in [0.1, 0.15) is 12.4 Å². The minimum absolute atomic E-state index is 0.0208. The number of amides is 2. The van der Waals surface area contributed by atoms with Crippen LogP contribution in [0.15, 0.2) is 24.3 Å². The fraction of sp³-hybridized carbons (Fsp3) is 0.652. The van der Waals surface area contributed by atoms with Crippen LogP contribution < -0.4 is 4.74 Å². The number of hydrogen-bond donors (Lipinski definition) is 1. The number of piperidine rings is 1. The van der Waals surface area contributed by atoms with Gasteiger partial charge >= 0.3 is 0 Å². The predicted octanol–water partition coefficient (Wildman–Crippen LogP) is 1.85. The third kappa shape index (κ3) is 5.52. The van der Waals surface area contributed by atoms with Crippen molar-refractivity contribution in [1.82, 2.24) is 14.7 Å². The molecule has 7 nitrogen and oxygen atoms in total. The van der Waals surface area contributed by atoms with Gasteiger partial charge in [0.15, 0.2) is 0 Å². The molecule has 166 valence electrons. The lowest BCUT2D eigenvalue weighted by atomic mass is 9.75. The third-order valence-electron chi connectivity index (χ3n) is 6.37. The summed E-state index contributed by atoms with van der Waals surface area (Å²) in [4.78, 5) is 31.4. The summed E-state index contributed by atoms with van der Waals surface area (Å²) >= 11 is 0. The van der Waals surface area contributed by atoms with Gasteiger partial charge in [-0.2, -0.15) is 0 Å². The molecular weight excluding hydrogens is 382 g/mol. The number of fused-ring (bicyclic) bond motifs is 9. The predicted molar refractivity (Wildman–Crippen MR) is 116 cm³/mol. The van der Waals surface area contributed by atoms with Crippen LogP contribution in [-0.2, 0) is 4.79 Å². The van der Waals surface area contributed by atoms with Crippen LogP contribution in [0.4, 0.5) is 0 Å². The molecular formula is C23H35N3O4. The van der Waals surface area contributed by atoms with Crippen molar-refractivity contribution in [2.75, 3.05) is 60.0 Å². The lowest BCUT2D eigenvalue weighted by molar-refractivity contribution is -0.132. The quantitative estimate of drug-likeness (QED) is 0.813. The van der Waals surface area contributed by atoms with Gasteiger partial charge in [-0.25, -0.2) is 0 Å². The summed E-state index contributed by atoms with van der Waals surface area (Å²) in [5, 5.41) is 10.1. The molecule has 1 fully saturated rings. The van der Waals surface area contributed by atoms with Crippen molar-refractivity contribution in [3.05, 3.63) is 29.8 Å². The van der Waals surface area contributed by atoms with Gasteiger partial charge in [0.2, 0.25) is 5.91 Å². The van der Waals surface area contributed by atoms with E-state index in [1.54, 1.807) is 6.07 Å². The summed E-state index contributed by atoms with van der Waals surface area (Å²) in [5.41, 5.74) is 0.445. The number of carbonyl (C=O) groups excluding carboxylic acids is 2. The summed E-state index contributed by atoms with van der Waals surface area (Å²) in [6, 6.07) is 7.34. The second-order valence-corrected chi connectivity index (χ2v) is 8.87. The Morgan fingerprint density at radius 1 is 1.10 bits per heavy atom. The maximum Gasteiger partial charge on any atom is 0.257 e. The second kappa shape index (κ2) is 10.3. The lowest BCUT2D eigenvalue weighted by Gasteiger charge is -2.41. The molecule has 0 radical (unpaired) electrons. The number of nitrogens with zero attached hydrogens (tertiary/aromatic N) is 3. The molecule has 1 saturated heterocycles. The molecule has 3 aliphatic heterocycles. The van der Waals surface area contributed by atoms with Crippen LogP contribution in [0.2, 0.25) is 0 Å². The molecule has 0 saturated carbocycles. The highest BCUT2D eigenvalue weighted by Crippen LogP contribution is 2.37. The van der Waals surface area contributed by atoms with Crippen LogP contribution in [0.3, 0.4) is 0 Å². The Morgan fingerprint density at radius 3 is 2.53 bits per heavy atom. The number of rotatable bonds is 3. The van der Waals surface area contributed by atoms with Crippen molar-refractivity contribution in [3.8, 4) is 5.75 Å². The number of carbonyl (C=O) groups is 2. The molecule has 4 rings (SSSR count). The zero-order chi connectivity index (χ0) is 21.6. The fourth-order valence-electron chi connectivity index (χ4n) is 4.41. The molecule has 3 aliphatic rings. The number of likely N-dealkylation sites (N-methyl/N-ethyl adjacent to an activating group) is 1. The van der Waals surface area contributed by atoms with Gasteiger partial charge in [-0.3, -0.25) is 9.59 Å². The smallest absolute Gasteiger partial charge is 0.257 e. The number of aliphatic hydroxyl groups is 1. The molecule has 3 heterocycles. The highest BCUT2D eigenvalue weighted by atomic mass is 16.5. The van der Waals surface area contributed by atoms with Crippen LogP contribution in [0.25, 0.3) is 0 Å². The molecule has 0 atom stereocenters. The lowest BCUT2D eigenvalue weighted by Crippen LogP contribution is -2.44. The van der Waals surface area contributed by atoms with Gasteiger partial charge in [0.05, 0.1) is 18.7 Å². The van der Waals surface area contributed by atoms with Crippen molar-refractivity contribution in [1.29, 1.82) is 0 Å². The normalized spacial score (nSPS) is 20.3. The number of para-hydroxylation sites is 1. The van der Waals surface area contributed by atoms with Crippen molar-refractivity contribution >= 4 is 11.8 Å². The van der Waals surface area contributed by atoms with Gasteiger partial charge < -0.3 is 24.5 Å². The van der Waals surface area contributed by atoms with E-state index in [1.807, 2.05) is 47.0 Å². The van der Waals surface area contributed by atoms with E-state index < -0.39 is 0 Å². The zero-order valence-corrected chi connectivity index (χ0v) is 18.3. The highest BCUT2D eigenvalue weighted by molar-refractivity contribution is 5.97. The van der Waals surface area contributed by atoms with Gasteiger partial charge in [0.25, 0.3) is 5.91 Å². The third-order valence-corrected chi connectivity index (χ3v) is 6.37. The first-order chi connectivity index (χ1) is 14.4. The first kappa shape index (κ1) is 22.6. The topological polar surface area (TPSA) is 73.3 Å². The summed E-state index contributed by atoms with van der Waals surface area (Å²) < 4.78 is 5.97. The van der Waals surface area contributed by atoms with Crippen LogP contribution >= 0.6 is 0 Å². The average molecular weight is 418 g/mol. The Balaban J connectivity index is 1.81. The maximum absolute atomic E-state index is 13.1. The molecule has 1 N–H and O–H groups in total. The Kier molecular flexibility index (Phi) is 7.72. The second-order valence-electron chi connectivity index (χ2n) is 8.87. The standard InChI is InChI=1S/C23H35N3O4/c1-24(2)17-21(28)25-12-6-5-9-23(18-27)10-13-26(14-11-23)22(29)19-7-3-4-8-20(19)30-16-15-25/h3-4,7-8,27H,5-6,9-18H2,1-2H3. The Hall–Kier alpha value is -2.12.